The van der Waals surface area contributed by atoms with Gasteiger partial charge in [-0.3, -0.25) is 4.79 Å². The van der Waals surface area contributed by atoms with E-state index in [4.69, 9.17) is 23.2 Å². The number of rotatable bonds is 12. The van der Waals surface area contributed by atoms with Crippen molar-refractivity contribution in [3.63, 3.8) is 0 Å². The van der Waals surface area contributed by atoms with Gasteiger partial charge in [-0.25, -0.2) is 4.98 Å². The smallest absolute Gasteiger partial charge is 0.361 e. The summed E-state index contributed by atoms with van der Waals surface area (Å²) < 4.78 is 43.3. The number of hydrogen-bond acceptors (Lipinski definition) is 6. The highest BCUT2D eigenvalue weighted by Crippen LogP contribution is 2.34. The summed E-state index contributed by atoms with van der Waals surface area (Å²) in [6.07, 6.45) is -2.37. The summed E-state index contributed by atoms with van der Waals surface area (Å²) in [4.78, 5) is 21.3. The predicted molar refractivity (Wildman–Crippen MR) is 159 cm³/mol. The minimum absolute atomic E-state index is 0.000881. The number of imidazole rings is 1. The monoisotopic (exact) mass is 599 g/mol. The van der Waals surface area contributed by atoms with E-state index in [0.717, 1.165) is 11.6 Å². The number of aromatic nitrogens is 2. The average molecular weight is 600 g/mol. The Bertz CT molecular complexity index is 1410. The van der Waals surface area contributed by atoms with Crippen molar-refractivity contribution in [2.75, 3.05) is 27.2 Å². The van der Waals surface area contributed by atoms with Crippen molar-refractivity contribution in [3.05, 3.63) is 89.0 Å². The molecule has 0 spiro atoms. The number of nitriles is 1. The van der Waals surface area contributed by atoms with E-state index in [2.05, 4.69) is 16.4 Å². The normalized spacial score (nSPS) is 12.6. The van der Waals surface area contributed by atoms with Gasteiger partial charge in [-0.05, 0) is 69.5 Å². The molecule has 0 amide bonds. The molecular weight excluding hydrogens is 563 g/mol. The van der Waals surface area contributed by atoms with Gasteiger partial charge >= 0.3 is 6.18 Å². The molecule has 12 heteroatoms. The highest BCUT2D eigenvalue weighted by Gasteiger charge is 2.40. The standard InChI is InChI=1S/C30H36F3N7OS/c1-29(2,26(41)15-24-17-36-20-39(24)18-22-11-9-21(16-34)10-12-22)27(35)40(28(42)37-13-14-38(3)4)19-23-7-5-6-8-25(23)30(31,32)33/h5-12,17,20,27H,13-15,18-19,35H2,1-4H3,(H,37,42). The topological polar surface area (TPSA) is 103 Å². The number of hydrogen-bond donors (Lipinski definition) is 2. The van der Waals surface area contributed by atoms with Crippen LogP contribution < -0.4 is 11.1 Å². The van der Waals surface area contributed by atoms with Crippen LogP contribution >= 0.6 is 12.2 Å². The summed E-state index contributed by atoms with van der Waals surface area (Å²) in [5.41, 5.74) is 6.84. The molecule has 0 saturated heterocycles. The number of nitrogens with two attached hydrogens (primary N) is 1. The second-order valence-corrected chi connectivity index (χ2v) is 11.3. The number of carbonyl (C=O) groups excluding carboxylic acids is 1. The first-order valence-corrected chi connectivity index (χ1v) is 13.8. The molecule has 1 atom stereocenters. The summed E-state index contributed by atoms with van der Waals surface area (Å²) >= 11 is 5.61. The quantitative estimate of drug-likeness (QED) is 0.236. The molecule has 2 aromatic carbocycles. The van der Waals surface area contributed by atoms with Crippen molar-refractivity contribution in [2.45, 2.75) is 45.7 Å². The maximum Gasteiger partial charge on any atom is 0.416 e. The van der Waals surface area contributed by atoms with Gasteiger partial charge in [-0.15, -0.1) is 0 Å². The lowest BCUT2D eigenvalue weighted by Crippen LogP contribution is -2.59. The Morgan fingerprint density at radius 1 is 1.17 bits per heavy atom. The van der Waals surface area contributed by atoms with E-state index < -0.39 is 23.3 Å². The lowest BCUT2D eigenvalue weighted by molar-refractivity contribution is -0.138. The molecule has 0 fully saturated rings. The van der Waals surface area contributed by atoms with Gasteiger partial charge in [0, 0.05) is 44.5 Å². The summed E-state index contributed by atoms with van der Waals surface area (Å²) in [6.45, 7) is 4.63. The van der Waals surface area contributed by atoms with E-state index in [-0.39, 0.29) is 29.4 Å². The fourth-order valence-corrected chi connectivity index (χ4v) is 4.65. The van der Waals surface area contributed by atoms with Gasteiger partial charge in [-0.2, -0.15) is 18.4 Å². The molecule has 0 aliphatic heterocycles. The molecule has 0 radical (unpaired) electrons. The Morgan fingerprint density at radius 2 is 1.83 bits per heavy atom. The van der Waals surface area contributed by atoms with Crippen LogP contribution in [0.15, 0.2) is 61.1 Å². The molecule has 1 unspecified atom stereocenters. The first-order valence-electron chi connectivity index (χ1n) is 13.3. The van der Waals surface area contributed by atoms with Gasteiger partial charge in [0.05, 0.1) is 35.1 Å². The lowest BCUT2D eigenvalue weighted by Gasteiger charge is -2.40. The van der Waals surface area contributed by atoms with E-state index in [9.17, 15) is 18.0 Å². The maximum absolute atomic E-state index is 13.8. The van der Waals surface area contributed by atoms with E-state index >= 15 is 0 Å². The molecule has 0 bridgehead atoms. The van der Waals surface area contributed by atoms with Crippen molar-refractivity contribution < 1.29 is 18.0 Å². The fraction of sp³-hybridized carbons (Fsp3) is 0.400. The van der Waals surface area contributed by atoms with Crippen molar-refractivity contribution in [1.82, 2.24) is 24.7 Å². The molecule has 8 nitrogen and oxygen atoms in total. The highest BCUT2D eigenvalue weighted by molar-refractivity contribution is 7.80. The Hall–Kier alpha value is -3.79. The van der Waals surface area contributed by atoms with Gasteiger partial charge in [0.1, 0.15) is 5.78 Å². The van der Waals surface area contributed by atoms with Crippen molar-refractivity contribution in [2.24, 2.45) is 11.1 Å². The Balaban J connectivity index is 1.85. The first-order chi connectivity index (χ1) is 19.7. The van der Waals surface area contributed by atoms with Crippen molar-refractivity contribution >= 4 is 23.1 Å². The van der Waals surface area contributed by atoms with Crippen LogP contribution in [0.2, 0.25) is 0 Å². The zero-order valence-corrected chi connectivity index (χ0v) is 25.0. The molecule has 42 heavy (non-hydrogen) atoms. The van der Waals surface area contributed by atoms with Crippen LogP contribution in [0.3, 0.4) is 0 Å². The Kier molecular flexibility index (Phi) is 10.8. The van der Waals surface area contributed by atoms with Gasteiger partial charge in [0.25, 0.3) is 0 Å². The van der Waals surface area contributed by atoms with E-state index in [1.165, 1.54) is 23.1 Å². The van der Waals surface area contributed by atoms with Crippen LogP contribution in [0.4, 0.5) is 13.2 Å². The Morgan fingerprint density at radius 3 is 2.45 bits per heavy atom. The highest BCUT2D eigenvalue weighted by atomic mass is 32.1. The third kappa shape index (κ3) is 8.38. The van der Waals surface area contributed by atoms with Crippen LogP contribution in [0.5, 0.6) is 0 Å². The zero-order chi connectivity index (χ0) is 31.1. The molecule has 0 aliphatic carbocycles. The maximum atomic E-state index is 13.8. The van der Waals surface area contributed by atoms with Crippen LogP contribution in [-0.2, 0) is 30.5 Å². The number of halogens is 3. The van der Waals surface area contributed by atoms with Crippen LogP contribution in [0, 0.1) is 16.7 Å². The molecule has 1 heterocycles. The predicted octanol–water partition coefficient (Wildman–Crippen LogP) is 4.18. The number of carbonyl (C=O) groups is 1. The lowest BCUT2D eigenvalue weighted by atomic mass is 9.82. The second kappa shape index (κ2) is 13.9. The van der Waals surface area contributed by atoms with Crippen LogP contribution in [0.1, 0.15) is 41.8 Å². The van der Waals surface area contributed by atoms with Crippen LogP contribution in [0.25, 0.3) is 0 Å². The SMILES string of the molecule is CN(C)CCNC(=S)N(Cc1ccccc1C(F)(F)F)C(N)C(C)(C)C(=O)Cc1cncn1Cc1ccc(C#N)cc1. The molecule has 3 N–H and O–H groups in total. The van der Waals surface area contributed by atoms with Gasteiger partial charge in [0.2, 0.25) is 0 Å². The number of Topliss-reactive ketones (excluding diaryl/α,β-unsaturated/α-hetero) is 1. The van der Waals surface area contributed by atoms with E-state index in [1.54, 1.807) is 38.5 Å². The number of alkyl halides is 3. The molecule has 224 valence electrons. The summed E-state index contributed by atoms with van der Waals surface area (Å²) in [5.74, 6) is -0.221. The molecule has 1 aromatic heterocycles. The van der Waals surface area contributed by atoms with Crippen molar-refractivity contribution in [3.8, 4) is 6.07 Å². The zero-order valence-electron chi connectivity index (χ0n) is 24.2. The number of thiocarbonyl (C=S) groups is 1. The minimum Gasteiger partial charge on any atom is -0.361 e. The molecular formula is C30H36F3N7OS. The summed E-state index contributed by atoms with van der Waals surface area (Å²) in [7, 11) is 3.78. The Labute approximate surface area is 249 Å². The third-order valence-electron chi connectivity index (χ3n) is 7.13. The number of likely N-dealkylation sites (N-methyl/N-ethyl adjacent to an activating group) is 1. The molecule has 3 aromatic rings. The molecule has 0 aliphatic rings. The van der Waals surface area contributed by atoms with Crippen molar-refractivity contribution in [1.29, 1.82) is 5.26 Å². The largest absolute Gasteiger partial charge is 0.416 e. The number of ketones is 1. The number of nitrogens with zero attached hydrogens (tertiary/aromatic N) is 5. The van der Waals surface area contributed by atoms with Gasteiger partial charge in [-0.1, -0.05) is 30.3 Å². The molecule has 0 saturated carbocycles. The molecule has 3 rings (SSSR count). The van der Waals surface area contributed by atoms with E-state index in [1.807, 2.05) is 35.7 Å². The number of nitrogens with one attached hydrogen (secondary N) is 1. The summed E-state index contributed by atoms with van der Waals surface area (Å²) in [5, 5.41) is 12.3. The van der Waals surface area contributed by atoms with Gasteiger partial charge < -0.3 is 25.4 Å². The minimum atomic E-state index is -4.56. The summed E-state index contributed by atoms with van der Waals surface area (Å²) in [6, 6.07) is 14.5. The van der Waals surface area contributed by atoms with Crippen LogP contribution in [-0.4, -0.2) is 63.6 Å². The first kappa shape index (κ1) is 32.7. The average Bonchev–Trinajstić information content (AvgIpc) is 3.37. The second-order valence-electron chi connectivity index (χ2n) is 10.9. The van der Waals surface area contributed by atoms with E-state index in [0.29, 0.717) is 30.9 Å². The third-order valence-corrected chi connectivity index (χ3v) is 7.51. The van der Waals surface area contributed by atoms with Gasteiger partial charge in [0.15, 0.2) is 5.11 Å². The fourth-order valence-electron chi connectivity index (χ4n) is 4.37. The number of benzene rings is 2.